The van der Waals surface area contributed by atoms with Crippen LogP contribution in [0.4, 0.5) is 11.4 Å². The van der Waals surface area contributed by atoms with Crippen LogP contribution in [0, 0.1) is 0 Å². The number of rotatable bonds is 9. The highest BCUT2D eigenvalue weighted by atomic mass is 16.5. The lowest BCUT2D eigenvalue weighted by atomic mass is 10.1. The molecular formula is C28H32N4O7. The number of ether oxygens (including phenoxy) is 2. The number of esters is 2. The smallest absolute Gasteiger partial charge is 0.338 e. The molecule has 0 unspecified atom stereocenters. The van der Waals surface area contributed by atoms with E-state index in [9.17, 15) is 24.3 Å². The Balaban J connectivity index is 1.62. The maximum Gasteiger partial charge on any atom is 0.338 e. The minimum Gasteiger partial charge on any atom is -0.466 e. The molecule has 11 nitrogen and oxygen atoms in total. The average Bonchev–Trinajstić information content (AvgIpc) is 3.27. The number of methoxy groups -OCH3 is 1. The second-order valence-corrected chi connectivity index (χ2v) is 9.02. The predicted molar refractivity (Wildman–Crippen MR) is 143 cm³/mol. The number of hydrogen-bond acceptors (Lipinski definition) is 9. The van der Waals surface area contributed by atoms with Gasteiger partial charge in [-0.25, -0.2) is 9.59 Å². The molecule has 4 rings (SSSR count). The van der Waals surface area contributed by atoms with Crippen molar-refractivity contribution in [1.82, 2.24) is 9.80 Å². The van der Waals surface area contributed by atoms with Gasteiger partial charge in [-0.3, -0.25) is 9.59 Å². The Labute approximate surface area is 226 Å². The summed E-state index contributed by atoms with van der Waals surface area (Å²) >= 11 is 0. The average molecular weight is 537 g/mol. The number of aliphatic hydroxyl groups is 1. The largest absolute Gasteiger partial charge is 0.466 e. The van der Waals surface area contributed by atoms with Crippen LogP contribution in [-0.2, 0) is 19.1 Å². The summed E-state index contributed by atoms with van der Waals surface area (Å²) in [4.78, 5) is 56.2. The van der Waals surface area contributed by atoms with E-state index in [2.05, 4.69) is 10.2 Å². The number of anilines is 2. The predicted octanol–water partition coefficient (Wildman–Crippen LogP) is 1.50. The molecule has 2 amide bonds. The normalized spacial score (nSPS) is 15.5. The zero-order valence-corrected chi connectivity index (χ0v) is 22.0. The van der Waals surface area contributed by atoms with E-state index in [0.29, 0.717) is 43.1 Å². The van der Waals surface area contributed by atoms with Gasteiger partial charge in [-0.1, -0.05) is 18.2 Å². The van der Waals surface area contributed by atoms with E-state index in [1.807, 2.05) is 18.2 Å². The summed E-state index contributed by atoms with van der Waals surface area (Å²) in [6.45, 7) is 3.68. The lowest BCUT2D eigenvalue weighted by molar-refractivity contribution is -0.136. The number of nitrogens with zero attached hydrogens (tertiary/aromatic N) is 3. The fourth-order valence-electron chi connectivity index (χ4n) is 4.65. The van der Waals surface area contributed by atoms with Crippen molar-refractivity contribution in [2.45, 2.75) is 6.92 Å². The molecule has 0 bridgehead atoms. The number of aliphatic hydroxyl groups excluding tert-OH is 1. The van der Waals surface area contributed by atoms with Gasteiger partial charge in [-0.05, 0) is 37.3 Å². The summed E-state index contributed by atoms with van der Waals surface area (Å²) in [5.41, 5.74) is 2.18. The molecule has 2 aromatic rings. The van der Waals surface area contributed by atoms with Crippen molar-refractivity contribution in [3.05, 3.63) is 70.9 Å². The molecule has 0 atom stereocenters. The summed E-state index contributed by atoms with van der Waals surface area (Å²) in [5.74, 6) is -1.69. The molecule has 1 fully saturated rings. The summed E-state index contributed by atoms with van der Waals surface area (Å²) in [7, 11) is 1.23. The van der Waals surface area contributed by atoms with Gasteiger partial charge in [0.15, 0.2) is 0 Å². The second-order valence-electron chi connectivity index (χ2n) is 9.02. The van der Waals surface area contributed by atoms with Crippen LogP contribution in [0.15, 0.2) is 59.8 Å². The fourth-order valence-corrected chi connectivity index (χ4v) is 4.65. The molecule has 0 saturated carbocycles. The standard InChI is InChI=1S/C28H32N4O7/c1-3-39-27(36)20-9-10-23(30-11-13-31(14-12-30)25(34)19-7-5-4-6-8-19)22(17-20)29-24-21(28(37)38-2)18-32(15-16-33)26(24)35/h4-10,17,29,33H,3,11-16,18H2,1-2H3. The van der Waals surface area contributed by atoms with Crippen LogP contribution in [-0.4, -0.2) is 98.3 Å². The zero-order valence-electron chi connectivity index (χ0n) is 22.0. The molecule has 206 valence electrons. The van der Waals surface area contributed by atoms with Crippen LogP contribution in [0.3, 0.4) is 0 Å². The van der Waals surface area contributed by atoms with E-state index in [-0.39, 0.29) is 49.0 Å². The quantitative estimate of drug-likeness (QED) is 0.458. The SMILES string of the molecule is CCOC(=O)c1ccc(N2CCN(C(=O)c3ccccc3)CC2)c(NC2=C(C(=O)OC)CN(CCO)C2=O)c1. The first-order valence-corrected chi connectivity index (χ1v) is 12.8. The van der Waals surface area contributed by atoms with E-state index < -0.39 is 17.8 Å². The zero-order chi connectivity index (χ0) is 27.9. The monoisotopic (exact) mass is 536 g/mol. The first kappa shape index (κ1) is 27.6. The number of piperazine rings is 1. The third kappa shape index (κ3) is 6.04. The third-order valence-corrected chi connectivity index (χ3v) is 6.65. The summed E-state index contributed by atoms with van der Waals surface area (Å²) < 4.78 is 10.0. The van der Waals surface area contributed by atoms with Crippen LogP contribution >= 0.6 is 0 Å². The minimum absolute atomic E-state index is 0.0123. The van der Waals surface area contributed by atoms with Gasteiger partial charge in [-0.2, -0.15) is 0 Å². The van der Waals surface area contributed by atoms with E-state index in [1.54, 1.807) is 42.2 Å². The molecule has 0 aliphatic carbocycles. The van der Waals surface area contributed by atoms with Gasteiger partial charge in [0.25, 0.3) is 11.8 Å². The number of carbonyl (C=O) groups excluding carboxylic acids is 4. The van der Waals surface area contributed by atoms with Crippen molar-refractivity contribution in [1.29, 1.82) is 0 Å². The van der Waals surface area contributed by atoms with Crippen LogP contribution in [0.5, 0.6) is 0 Å². The number of carbonyl (C=O) groups is 4. The Morgan fingerprint density at radius 2 is 1.69 bits per heavy atom. The van der Waals surface area contributed by atoms with Gasteiger partial charge >= 0.3 is 11.9 Å². The Hall–Kier alpha value is -4.38. The maximum absolute atomic E-state index is 13.1. The summed E-state index contributed by atoms with van der Waals surface area (Å²) in [6, 6.07) is 14.1. The van der Waals surface area contributed by atoms with Crippen molar-refractivity contribution in [3.63, 3.8) is 0 Å². The lowest BCUT2D eigenvalue weighted by Gasteiger charge is -2.37. The molecule has 2 aliphatic heterocycles. The molecule has 1 saturated heterocycles. The highest BCUT2D eigenvalue weighted by Crippen LogP contribution is 2.32. The summed E-state index contributed by atoms with van der Waals surface area (Å²) in [6.07, 6.45) is 0. The molecule has 11 heteroatoms. The lowest BCUT2D eigenvalue weighted by Crippen LogP contribution is -2.49. The Morgan fingerprint density at radius 1 is 0.974 bits per heavy atom. The molecule has 2 heterocycles. The van der Waals surface area contributed by atoms with Gasteiger partial charge in [0.2, 0.25) is 0 Å². The van der Waals surface area contributed by atoms with E-state index in [0.717, 1.165) is 0 Å². The number of β-amino-alcohol motifs (C(OH)–C–C–N with tert-alkyl or cyclic N) is 1. The highest BCUT2D eigenvalue weighted by Gasteiger charge is 2.35. The third-order valence-electron chi connectivity index (χ3n) is 6.65. The van der Waals surface area contributed by atoms with Crippen LogP contribution < -0.4 is 10.2 Å². The summed E-state index contributed by atoms with van der Waals surface area (Å²) in [5, 5.41) is 12.4. The molecule has 39 heavy (non-hydrogen) atoms. The van der Waals surface area contributed by atoms with Crippen molar-refractivity contribution in [3.8, 4) is 0 Å². The van der Waals surface area contributed by atoms with Gasteiger partial charge in [0.05, 0.1) is 49.4 Å². The first-order valence-electron chi connectivity index (χ1n) is 12.8. The maximum atomic E-state index is 13.1. The van der Waals surface area contributed by atoms with E-state index >= 15 is 0 Å². The van der Waals surface area contributed by atoms with Gasteiger partial charge in [-0.15, -0.1) is 0 Å². The Kier molecular flexibility index (Phi) is 8.82. The minimum atomic E-state index is -0.664. The number of benzene rings is 2. The van der Waals surface area contributed by atoms with Crippen LogP contribution in [0.2, 0.25) is 0 Å². The van der Waals surface area contributed by atoms with Gasteiger partial charge in [0, 0.05) is 38.3 Å². The van der Waals surface area contributed by atoms with Crippen LogP contribution in [0.1, 0.15) is 27.6 Å². The van der Waals surface area contributed by atoms with Gasteiger partial charge < -0.3 is 34.6 Å². The molecular weight excluding hydrogens is 504 g/mol. The molecule has 2 aliphatic rings. The molecule has 0 radical (unpaired) electrons. The van der Waals surface area contributed by atoms with E-state index in [4.69, 9.17) is 9.47 Å². The van der Waals surface area contributed by atoms with Crippen molar-refractivity contribution in [2.75, 3.05) is 69.8 Å². The molecule has 2 N–H and O–H groups in total. The fraction of sp³-hybridized carbons (Fsp3) is 0.357. The van der Waals surface area contributed by atoms with Gasteiger partial charge in [0.1, 0.15) is 5.70 Å². The molecule has 2 aromatic carbocycles. The Morgan fingerprint density at radius 3 is 2.33 bits per heavy atom. The van der Waals surface area contributed by atoms with Crippen molar-refractivity contribution in [2.24, 2.45) is 0 Å². The number of hydrogen-bond donors (Lipinski definition) is 2. The molecule has 0 spiro atoms. The highest BCUT2D eigenvalue weighted by molar-refractivity contribution is 6.09. The number of nitrogens with one attached hydrogen (secondary N) is 1. The first-order chi connectivity index (χ1) is 18.9. The topological polar surface area (TPSA) is 129 Å². The molecule has 0 aromatic heterocycles. The van der Waals surface area contributed by atoms with Crippen molar-refractivity contribution >= 4 is 35.1 Å². The van der Waals surface area contributed by atoms with E-state index in [1.165, 1.54) is 12.0 Å². The number of amides is 2. The Bertz CT molecular complexity index is 1270. The van der Waals surface area contributed by atoms with Crippen molar-refractivity contribution < 1.29 is 33.8 Å². The second kappa shape index (κ2) is 12.4. The van der Waals surface area contributed by atoms with Crippen LogP contribution in [0.25, 0.3) is 0 Å².